The fraction of sp³-hybridized carbons (Fsp3) is 0.385. The van der Waals surface area contributed by atoms with Crippen LogP contribution in [0.15, 0.2) is 23.1 Å². The van der Waals surface area contributed by atoms with Crippen LogP contribution in [0.4, 0.5) is 5.69 Å². The molecule has 1 aromatic carbocycles. The third kappa shape index (κ3) is 3.22. The lowest BCUT2D eigenvalue weighted by Gasteiger charge is -2.13. The van der Waals surface area contributed by atoms with Crippen LogP contribution in [0.25, 0.3) is 0 Å². The van der Waals surface area contributed by atoms with E-state index >= 15 is 0 Å². The molecule has 0 fully saturated rings. The lowest BCUT2D eigenvalue weighted by Crippen LogP contribution is -2.34. The topological polar surface area (TPSA) is 113 Å². The van der Waals surface area contributed by atoms with Gasteiger partial charge in [0.15, 0.2) is 0 Å². The minimum absolute atomic E-state index is 0.0156. The second kappa shape index (κ2) is 5.45. The molecule has 3 N–H and O–H groups in total. The molecule has 2 rings (SSSR count). The van der Waals surface area contributed by atoms with E-state index in [1.807, 2.05) is 0 Å². The lowest BCUT2D eigenvalue weighted by atomic mass is 10.0. The third-order valence-corrected chi connectivity index (χ3v) is 4.88. The SMILES string of the molecule is CC(CC(=O)O)NS(=O)(=O)c1ccc2c(c1)C(C)C(=O)N2. The molecule has 8 heteroatoms. The molecule has 1 aromatic rings. The Bertz CT molecular complexity index is 699. The number of rotatable bonds is 5. The van der Waals surface area contributed by atoms with Gasteiger partial charge in [-0.15, -0.1) is 0 Å². The zero-order valence-corrected chi connectivity index (χ0v) is 12.4. The van der Waals surface area contributed by atoms with Gasteiger partial charge in [0.05, 0.1) is 17.2 Å². The highest BCUT2D eigenvalue weighted by Gasteiger charge is 2.28. The summed E-state index contributed by atoms with van der Waals surface area (Å²) in [5.41, 5.74) is 1.22. The van der Waals surface area contributed by atoms with Crippen LogP contribution in [0, 0.1) is 0 Å². The number of carboxylic acids is 1. The van der Waals surface area contributed by atoms with Crippen molar-refractivity contribution in [2.45, 2.75) is 37.1 Å². The van der Waals surface area contributed by atoms with Crippen molar-refractivity contribution in [2.75, 3.05) is 5.32 Å². The van der Waals surface area contributed by atoms with Gasteiger partial charge in [0.2, 0.25) is 15.9 Å². The first-order chi connectivity index (χ1) is 9.70. The van der Waals surface area contributed by atoms with E-state index in [-0.39, 0.29) is 17.2 Å². The Morgan fingerprint density at radius 2 is 2.14 bits per heavy atom. The molecular weight excluding hydrogens is 296 g/mol. The van der Waals surface area contributed by atoms with E-state index in [0.717, 1.165) is 0 Å². The zero-order chi connectivity index (χ0) is 15.8. The van der Waals surface area contributed by atoms with Crippen molar-refractivity contribution in [1.82, 2.24) is 4.72 Å². The van der Waals surface area contributed by atoms with Gasteiger partial charge in [-0.2, -0.15) is 0 Å². The van der Waals surface area contributed by atoms with Crippen LogP contribution in [0.1, 0.15) is 31.7 Å². The van der Waals surface area contributed by atoms with Crippen LogP contribution >= 0.6 is 0 Å². The number of sulfonamides is 1. The molecule has 1 amide bonds. The van der Waals surface area contributed by atoms with Crippen LogP contribution in [0.2, 0.25) is 0 Å². The van der Waals surface area contributed by atoms with Crippen molar-refractivity contribution >= 4 is 27.6 Å². The molecule has 114 valence electrons. The maximum absolute atomic E-state index is 12.2. The Hall–Kier alpha value is -1.93. The normalized spacial score (nSPS) is 19.0. The van der Waals surface area contributed by atoms with Gasteiger partial charge in [0.1, 0.15) is 0 Å². The predicted molar refractivity (Wildman–Crippen MR) is 75.5 cm³/mol. The second-order valence-electron chi connectivity index (χ2n) is 5.08. The summed E-state index contributed by atoms with van der Waals surface area (Å²) < 4.78 is 26.7. The molecule has 7 nitrogen and oxygen atoms in total. The molecule has 2 unspecified atom stereocenters. The maximum atomic E-state index is 12.2. The number of anilines is 1. The lowest BCUT2D eigenvalue weighted by molar-refractivity contribution is -0.137. The molecule has 0 bridgehead atoms. The number of benzene rings is 1. The first-order valence-corrected chi connectivity index (χ1v) is 7.88. The summed E-state index contributed by atoms with van der Waals surface area (Å²) in [4.78, 5) is 22.1. The van der Waals surface area contributed by atoms with E-state index in [1.54, 1.807) is 6.92 Å². The Kier molecular flexibility index (Phi) is 4.02. The van der Waals surface area contributed by atoms with E-state index in [4.69, 9.17) is 5.11 Å². The Labute approximate surface area is 122 Å². The fourth-order valence-electron chi connectivity index (χ4n) is 2.20. The Morgan fingerprint density at radius 1 is 1.48 bits per heavy atom. The molecule has 21 heavy (non-hydrogen) atoms. The molecule has 0 spiro atoms. The molecular formula is C13H16N2O5S. The minimum atomic E-state index is -3.82. The van der Waals surface area contributed by atoms with Gasteiger partial charge in [-0.25, -0.2) is 13.1 Å². The van der Waals surface area contributed by atoms with Gasteiger partial charge < -0.3 is 10.4 Å². The molecule has 1 heterocycles. The number of fused-ring (bicyclic) bond motifs is 1. The summed E-state index contributed by atoms with van der Waals surface area (Å²) in [6.07, 6.45) is -0.305. The Morgan fingerprint density at radius 3 is 2.76 bits per heavy atom. The molecule has 0 radical (unpaired) electrons. The molecule has 2 atom stereocenters. The van der Waals surface area contributed by atoms with Gasteiger partial charge in [0, 0.05) is 11.7 Å². The van der Waals surface area contributed by atoms with E-state index in [0.29, 0.717) is 11.3 Å². The van der Waals surface area contributed by atoms with Crippen molar-refractivity contribution in [2.24, 2.45) is 0 Å². The van der Waals surface area contributed by atoms with Crippen molar-refractivity contribution in [3.63, 3.8) is 0 Å². The number of aliphatic carboxylic acids is 1. The largest absolute Gasteiger partial charge is 0.481 e. The molecule has 1 aliphatic rings. The number of hydrogen-bond donors (Lipinski definition) is 3. The van der Waals surface area contributed by atoms with Crippen LogP contribution in [0.3, 0.4) is 0 Å². The van der Waals surface area contributed by atoms with Crippen molar-refractivity contribution in [1.29, 1.82) is 0 Å². The van der Waals surface area contributed by atoms with E-state index in [1.165, 1.54) is 25.1 Å². The van der Waals surface area contributed by atoms with Crippen molar-refractivity contribution < 1.29 is 23.1 Å². The monoisotopic (exact) mass is 312 g/mol. The summed E-state index contributed by atoms with van der Waals surface area (Å²) in [7, 11) is -3.82. The van der Waals surface area contributed by atoms with Crippen LogP contribution < -0.4 is 10.0 Å². The van der Waals surface area contributed by atoms with Gasteiger partial charge in [-0.1, -0.05) is 0 Å². The number of carboxylic acid groups (broad SMARTS) is 1. The first-order valence-electron chi connectivity index (χ1n) is 6.39. The first kappa shape index (κ1) is 15.5. The van der Waals surface area contributed by atoms with Gasteiger partial charge in [0.25, 0.3) is 0 Å². The second-order valence-corrected chi connectivity index (χ2v) is 6.79. The van der Waals surface area contributed by atoms with E-state index < -0.39 is 28.0 Å². The average molecular weight is 312 g/mol. The highest BCUT2D eigenvalue weighted by atomic mass is 32.2. The number of nitrogens with one attached hydrogen (secondary N) is 2. The quantitative estimate of drug-likeness (QED) is 0.747. The molecule has 1 aliphatic heterocycles. The summed E-state index contributed by atoms with van der Waals surface area (Å²) in [6, 6.07) is 3.63. The fourth-order valence-corrected chi connectivity index (χ4v) is 3.48. The highest BCUT2D eigenvalue weighted by molar-refractivity contribution is 7.89. The van der Waals surface area contributed by atoms with Crippen LogP contribution in [0.5, 0.6) is 0 Å². The molecule has 0 saturated carbocycles. The molecule has 0 saturated heterocycles. The molecule has 0 aliphatic carbocycles. The standard InChI is InChI=1S/C13H16N2O5S/c1-7(5-12(16)17)15-21(19,20)9-3-4-11-10(6-9)8(2)13(18)14-11/h3-4,6-8,15H,5H2,1-2H3,(H,14,18)(H,16,17). The summed E-state index contributed by atoms with van der Waals surface area (Å²) in [6.45, 7) is 3.17. The number of carbonyl (C=O) groups is 2. The maximum Gasteiger partial charge on any atom is 0.304 e. The summed E-state index contributed by atoms with van der Waals surface area (Å²) in [5, 5.41) is 11.3. The van der Waals surface area contributed by atoms with Gasteiger partial charge >= 0.3 is 5.97 Å². The van der Waals surface area contributed by atoms with Gasteiger partial charge in [-0.3, -0.25) is 9.59 Å². The predicted octanol–water partition coefficient (Wildman–Crippen LogP) is 0.884. The van der Waals surface area contributed by atoms with E-state index in [9.17, 15) is 18.0 Å². The van der Waals surface area contributed by atoms with E-state index in [2.05, 4.69) is 10.0 Å². The van der Waals surface area contributed by atoms with Crippen LogP contribution in [-0.4, -0.2) is 31.4 Å². The number of amides is 1. The van der Waals surface area contributed by atoms with Crippen molar-refractivity contribution in [3.8, 4) is 0 Å². The zero-order valence-electron chi connectivity index (χ0n) is 11.6. The average Bonchev–Trinajstić information content (AvgIpc) is 2.63. The Balaban J connectivity index is 2.26. The van der Waals surface area contributed by atoms with Crippen LogP contribution in [-0.2, 0) is 19.6 Å². The highest BCUT2D eigenvalue weighted by Crippen LogP contribution is 2.33. The smallest absolute Gasteiger partial charge is 0.304 e. The van der Waals surface area contributed by atoms with Gasteiger partial charge in [-0.05, 0) is 37.6 Å². The summed E-state index contributed by atoms with van der Waals surface area (Å²) >= 11 is 0. The third-order valence-electron chi connectivity index (χ3n) is 3.29. The minimum Gasteiger partial charge on any atom is -0.481 e. The van der Waals surface area contributed by atoms with Crippen molar-refractivity contribution in [3.05, 3.63) is 23.8 Å². The number of hydrogen-bond acceptors (Lipinski definition) is 4. The number of carbonyl (C=O) groups excluding carboxylic acids is 1. The summed E-state index contributed by atoms with van der Waals surface area (Å²) in [5.74, 6) is -1.67. The molecule has 0 aromatic heterocycles.